The number of benzene rings is 2. The van der Waals surface area contributed by atoms with Crippen molar-refractivity contribution in [3.8, 4) is 0 Å². The number of esters is 1. The van der Waals surface area contributed by atoms with Gasteiger partial charge in [-0.05, 0) is 50.6 Å². The summed E-state index contributed by atoms with van der Waals surface area (Å²) in [5, 5.41) is 4.50. The molecule has 0 saturated carbocycles. The molecule has 174 valence electrons. The summed E-state index contributed by atoms with van der Waals surface area (Å²) < 4.78 is 4.92. The standard InChI is InChI=1S/C25H29ClN4O3/c1-15-5-8-20-19(13-15)22(23(27-20)25(32)33-4)28-24(31)17(3)29-9-11-30(12-10-29)21-14-18(26)7-6-16(21)2/h5-8,13-14,17,27H,9-12H2,1-4H3,(H,28,31). The van der Waals surface area contributed by atoms with Crippen molar-refractivity contribution in [2.75, 3.05) is 43.5 Å². The first-order chi connectivity index (χ1) is 15.8. The number of nitrogens with one attached hydrogen (secondary N) is 2. The zero-order chi connectivity index (χ0) is 23.7. The van der Waals surface area contributed by atoms with Gasteiger partial charge in [-0.25, -0.2) is 4.79 Å². The molecule has 0 radical (unpaired) electrons. The fourth-order valence-electron chi connectivity index (χ4n) is 4.36. The van der Waals surface area contributed by atoms with Crippen LogP contribution in [0, 0.1) is 13.8 Å². The number of hydrogen-bond acceptors (Lipinski definition) is 5. The van der Waals surface area contributed by atoms with Gasteiger partial charge in [0.2, 0.25) is 5.91 Å². The minimum absolute atomic E-state index is 0.157. The van der Waals surface area contributed by atoms with Gasteiger partial charge in [0, 0.05) is 47.8 Å². The lowest BCUT2D eigenvalue weighted by atomic mass is 10.1. The predicted octanol–water partition coefficient (Wildman–Crippen LogP) is 4.37. The van der Waals surface area contributed by atoms with Crippen molar-refractivity contribution in [3.63, 3.8) is 0 Å². The number of halogens is 1. The Morgan fingerprint density at radius 2 is 1.82 bits per heavy atom. The fourth-order valence-corrected chi connectivity index (χ4v) is 4.52. The van der Waals surface area contributed by atoms with Crippen LogP contribution in [0.2, 0.25) is 5.02 Å². The second kappa shape index (κ2) is 9.45. The van der Waals surface area contributed by atoms with Crippen molar-refractivity contribution in [3.05, 3.63) is 58.2 Å². The first kappa shape index (κ1) is 23.1. The van der Waals surface area contributed by atoms with Crippen LogP contribution < -0.4 is 10.2 Å². The Hall–Kier alpha value is -3.03. The summed E-state index contributed by atoms with van der Waals surface area (Å²) in [5.41, 5.74) is 4.84. The van der Waals surface area contributed by atoms with E-state index in [0.717, 1.165) is 53.4 Å². The molecule has 1 aliphatic heterocycles. The van der Waals surface area contributed by atoms with Crippen LogP contribution in [0.25, 0.3) is 10.9 Å². The van der Waals surface area contributed by atoms with E-state index in [2.05, 4.69) is 27.0 Å². The van der Waals surface area contributed by atoms with E-state index >= 15 is 0 Å². The van der Waals surface area contributed by atoms with E-state index in [4.69, 9.17) is 16.3 Å². The number of hydrogen-bond donors (Lipinski definition) is 2. The summed E-state index contributed by atoms with van der Waals surface area (Å²) in [6.07, 6.45) is 0. The number of aromatic nitrogens is 1. The molecule has 3 aromatic rings. The zero-order valence-electron chi connectivity index (χ0n) is 19.4. The van der Waals surface area contributed by atoms with Crippen LogP contribution in [0.15, 0.2) is 36.4 Å². The van der Waals surface area contributed by atoms with Gasteiger partial charge in [0.1, 0.15) is 5.69 Å². The number of fused-ring (bicyclic) bond motifs is 1. The van der Waals surface area contributed by atoms with E-state index in [1.807, 2.05) is 50.2 Å². The van der Waals surface area contributed by atoms with E-state index < -0.39 is 5.97 Å². The number of ether oxygens (including phenoxy) is 1. The molecule has 1 amide bonds. The van der Waals surface area contributed by atoms with Crippen LogP contribution in [-0.4, -0.2) is 61.1 Å². The molecule has 2 N–H and O–H groups in total. The minimum atomic E-state index is -0.516. The van der Waals surface area contributed by atoms with Crippen LogP contribution in [0.3, 0.4) is 0 Å². The number of H-pyrrole nitrogens is 1. The highest BCUT2D eigenvalue weighted by Crippen LogP contribution is 2.30. The zero-order valence-corrected chi connectivity index (χ0v) is 20.1. The van der Waals surface area contributed by atoms with Gasteiger partial charge in [0.25, 0.3) is 0 Å². The maximum atomic E-state index is 13.2. The average molecular weight is 469 g/mol. The summed E-state index contributed by atoms with van der Waals surface area (Å²) >= 11 is 6.20. The van der Waals surface area contributed by atoms with Gasteiger partial charge in [-0.1, -0.05) is 29.3 Å². The maximum Gasteiger partial charge on any atom is 0.356 e. The maximum absolute atomic E-state index is 13.2. The number of aryl methyl sites for hydroxylation is 2. The second-order valence-corrected chi connectivity index (χ2v) is 8.97. The van der Waals surface area contributed by atoms with Crippen LogP contribution in [-0.2, 0) is 9.53 Å². The number of anilines is 2. The smallest absolute Gasteiger partial charge is 0.356 e. The molecule has 1 aromatic heterocycles. The predicted molar refractivity (Wildman–Crippen MR) is 132 cm³/mol. The number of carbonyl (C=O) groups is 2. The van der Waals surface area contributed by atoms with E-state index in [1.165, 1.54) is 12.7 Å². The summed E-state index contributed by atoms with van der Waals surface area (Å²) in [4.78, 5) is 33.1. The third-order valence-corrected chi connectivity index (χ3v) is 6.58. The quantitative estimate of drug-likeness (QED) is 0.543. The Morgan fingerprint density at radius 3 is 2.52 bits per heavy atom. The Labute approximate surface area is 198 Å². The molecule has 0 bridgehead atoms. The Morgan fingerprint density at radius 1 is 1.09 bits per heavy atom. The molecule has 2 heterocycles. The summed E-state index contributed by atoms with van der Waals surface area (Å²) in [7, 11) is 1.33. The van der Waals surface area contributed by atoms with Gasteiger partial charge in [-0.3, -0.25) is 9.69 Å². The molecule has 1 atom stereocenters. The monoisotopic (exact) mass is 468 g/mol. The highest BCUT2D eigenvalue weighted by Gasteiger charge is 2.28. The molecule has 8 heteroatoms. The van der Waals surface area contributed by atoms with E-state index in [-0.39, 0.29) is 17.6 Å². The lowest BCUT2D eigenvalue weighted by molar-refractivity contribution is -0.120. The van der Waals surface area contributed by atoms with Gasteiger partial charge in [-0.15, -0.1) is 0 Å². The molecule has 33 heavy (non-hydrogen) atoms. The second-order valence-electron chi connectivity index (χ2n) is 8.53. The fraction of sp³-hybridized carbons (Fsp3) is 0.360. The molecule has 0 spiro atoms. The third kappa shape index (κ3) is 4.70. The van der Waals surface area contributed by atoms with E-state index in [0.29, 0.717) is 5.69 Å². The number of piperazine rings is 1. The first-order valence-corrected chi connectivity index (χ1v) is 11.4. The molecular formula is C25H29ClN4O3. The molecule has 1 saturated heterocycles. The summed E-state index contributed by atoms with van der Waals surface area (Å²) in [5.74, 6) is -0.674. The van der Waals surface area contributed by atoms with Crippen LogP contribution in [0.5, 0.6) is 0 Å². The van der Waals surface area contributed by atoms with Gasteiger partial charge < -0.3 is 19.9 Å². The van der Waals surface area contributed by atoms with Gasteiger partial charge in [0.15, 0.2) is 0 Å². The Kier molecular flexibility index (Phi) is 6.63. The molecule has 4 rings (SSSR count). The SMILES string of the molecule is COC(=O)c1[nH]c2ccc(C)cc2c1NC(=O)C(C)N1CCN(c2cc(Cl)ccc2C)CC1. The van der Waals surface area contributed by atoms with Gasteiger partial charge in [-0.2, -0.15) is 0 Å². The number of amides is 1. The third-order valence-electron chi connectivity index (χ3n) is 6.35. The van der Waals surface area contributed by atoms with E-state index in [9.17, 15) is 9.59 Å². The van der Waals surface area contributed by atoms with Gasteiger partial charge in [0.05, 0.1) is 18.8 Å². The van der Waals surface area contributed by atoms with Crippen LogP contribution in [0.1, 0.15) is 28.5 Å². The van der Waals surface area contributed by atoms with Crippen molar-refractivity contribution in [1.82, 2.24) is 9.88 Å². The largest absolute Gasteiger partial charge is 0.464 e. The van der Waals surface area contributed by atoms with Crippen molar-refractivity contribution < 1.29 is 14.3 Å². The topological polar surface area (TPSA) is 77.7 Å². The average Bonchev–Trinajstić information content (AvgIpc) is 3.17. The van der Waals surface area contributed by atoms with Gasteiger partial charge >= 0.3 is 5.97 Å². The highest BCUT2D eigenvalue weighted by atomic mass is 35.5. The first-order valence-electron chi connectivity index (χ1n) is 11.0. The summed E-state index contributed by atoms with van der Waals surface area (Å²) in [6.45, 7) is 9.05. The molecule has 0 aliphatic carbocycles. The van der Waals surface area contributed by atoms with Crippen molar-refractivity contribution >= 4 is 45.8 Å². The Balaban J connectivity index is 1.48. The van der Waals surface area contributed by atoms with Crippen LogP contribution >= 0.6 is 11.6 Å². The van der Waals surface area contributed by atoms with Crippen molar-refractivity contribution in [1.29, 1.82) is 0 Å². The number of carbonyl (C=O) groups excluding carboxylic acids is 2. The lowest BCUT2D eigenvalue weighted by Crippen LogP contribution is -2.53. The van der Waals surface area contributed by atoms with Crippen molar-refractivity contribution in [2.45, 2.75) is 26.8 Å². The highest BCUT2D eigenvalue weighted by molar-refractivity contribution is 6.30. The molecular weight excluding hydrogens is 440 g/mol. The number of aromatic amines is 1. The number of rotatable bonds is 5. The number of nitrogens with zero attached hydrogens (tertiary/aromatic N) is 2. The molecule has 2 aromatic carbocycles. The Bertz CT molecular complexity index is 1200. The van der Waals surface area contributed by atoms with E-state index in [1.54, 1.807) is 0 Å². The summed E-state index contributed by atoms with van der Waals surface area (Å²) in [6, 6.07) is 11.4. The molecule has 1 fully saturated rings. The number of methoxy groups -OCH3 is 1. The molecule has 1 unspecified atom stereocenters. The molecule has 1 aliphatic rings. The van der Waals surface area contributed by atoms with Crippen LogP contribution in [0.4, 0.5) is 11.4 Å². The lowest BCUT2D eigenvalue weighted by Gasteiger charge is -2.39. The molecule has 7 nitrogen and oxygen atoms in total. The minimum Gasteiger partial charge on any atom is -0.464 e. The normalized spacial score (nSPS) is 15.5. The van der Waals surface area contributed by atoms with Crippen molar-refractivity contribution in [2.24, 2.45) is 0 Å².